The van der Waals surface area contributed by atoms with Crippen molar-refractivity contribution >= 4 is 39.2 Å². The van der Waals surface area contributed by atoms with Crippen LogP contribution in [0, 0.1) is 0 Å². The second-order valence-corrected chi connectivity index (χ2v) is 9.09. The van der Waals surface area contributed by atoms with E-state index < -0.39 is 6.04 Å². The molecule has 5 aromatic rings. The number of halogens is 1. The van der Waals surface area contributed by atoms with E-state index in [-0.39, 0.29) is 11.5 Å². The van der Waals surface area contributed by atoms with Crippen LogP contribution in [0.2, 0.25) is 5.02 Å². The number of amides is 1. The molecule has 1 heterocycles. The summed E-state index contributed by atoms with van der Waals surface area (Å²) in [6.45, 7) is 2.27. The first-order chi connectivity index (χ1) is 16.9. The Hall–Kier alpha value is -3.96. The number of fused-ring (bicyclic) bond motifs is 2. The lowest BCUT2D eigenvalue weighted by Gasteiger charge is -2.30. The first-order valence-corrected chi connectivity index (χ1v) is 11.8. The Kier molecular flexibility index (Phi) is 6.10. The molecule has 0 fully saturated rings. The second-order valence-electron chi connectivity index (χ2n) is 8.65. The lowest BCUT2D eigenvalue weighted by Crippen LogP contribution is -2.36. The topological polar surface area (TPSA) is 55.2 Å². The van der Waals surface area contributed by atoms with Crippen LogP contribution in [-0.2, 0) is 13.6 Å². The highest BCUT2D eigenvalue weighted by molar-refractivity contribution is 6.31. The molecular formula is C29H24ClN3O2. The highest BCUT2D eigenvalue weighted by atomic mass is 35.5. The highest BCUT2D eigenvalue weighted by Gasteiger charge is 2.27. The van der Waals surface area contributed by atoms with Crippen LogP contribution < -0.4 is 5.56 Å². The molecule has 0 N–H and O–H groups in total. The standard InChI is InChI=1S/C29H24ClN3O2/c1-19(27-31-26-17-24(30)14-15-25(26)29(35)32(27)2)33(18-20-8-4-3-5-9-20)28(34)23-13-12-21-10-6-7-11-22(21)16-23/h3-17,19H,18H2,1-2H3. The Balaban J connectivity index is 1.61. The fraction of sp³-hybridized carbons (Fsp3) is 0.138. The minimum absolute atomic E-state index is 0.132. The van der Waals surface area contributed by atoms with E-state index in [1.54, 1.807) is 30.1 Å². The number of carbonyl (C=O) groups is 1. The van der Waals surface area contributed by atoms with Crippen LogP contribution in [0.5, 0.6) is 0 Å². The maximum Gasteiger partial charge on any atom is 0.261 e. The summed E-state index contributed by atoms with van der Waals surface area (Å²) in [6.07, 6.45) is 0. The molecule has 4 aromatic carbocycles. The zero-order chi connectivity index (χ0) is 24.5. The summed E-state index contributed by atoms with van der Waals surface area (Å²) in [6, 6.07) is 28.1. The molecule has 5 rings (SSSR count). The van der Waals surface area contributed by atoms with Gasteiger partial charge in [0.25, 0.3) is 11.5 Å². The second kappa shape index (κ2) is 9.35. The summed E-state index contributed by atoms with van der Waals surface area (Å²) < 4.78 is 1.52. The average Bonchev–Trinajstić information content (AvgIpc) is 2.88. The van der Waals surface area contributed by atoms with Gasteiger partial charge in [-0.2, -0.15) is 0 Å². The molecular weight excluding hydrogens is 458 g/mol. The number of nitrogens with zero attached hydrogens (tertiary/aromatic N) is 3. The van der Waals surface area contributed by atoms with Crippen molar-refractivity contribution < 1.29 is 4.79 Å². The van der Waals surface area contributed by atoms with Gasteiger partial charge >= 0.3 is 0 Å². The zero-order valence-electron chi connectivity index (χ0n) is 19.5. The monoisotopic (exact) mass is 481 g/mol. The van der Waals surface area contributed by atoms with Gasteiger partial charge in [-0.25, -0.2) is 4.98 Å². The molecule has 5 nitrogen and oxygen atoms in total. The van der Waals surface area contributed by atoms with Crippen LogP contribution in [-0.4, -0.2) is 20.4 Å². The summed E-state index contributed by atoms with van der Waals surface area (Å²) in [5, 5.41) is 3.06. The molecule has 0 aliphatic heterocycles. The molecule has 35 heavy (non-hydrogen) atoms. The van der Waals surface area contributed by atoms with Crippen LogP contribution in [0.4, 0.5) is 0 Å². The Morgan fingerprint density at radius 3 is 2.43 bits per heavy atom. The van der Waals surface area contributed by atoms with E-state index in [2.05, 4.69) is 0 Å². The minimum Gasteiger partial charge on any atom is -0.324 e. The molecule has 0 saturated carbocycles. The smallest absolute Gasteiger partial charge is 0.261 e. The molecule has 6 heteroatoms. The van der Waals surface area contributed by atoms with Gasteiger partial charge in [-0.05, 0) is 53.6 Å². The molecule has 0 aliphatic rings. The number of hydrogen-bond acceptors (Lipinski definition) is 3. The molecule has 0 bridgehead atoms. The number of benzene rings is 4. The first kappa shape index (κ1) is 22.8. The number of hydrogen-bond donors (Lipinski definition) is 0. The third kappa shape index (κ3) is 4.43. The molecule has 1 atom stereocenters. The largest absolute Gasteiger partial charge is 0.324 e. The van der Waals surface area contributed by atoms with E-state index in [9.17, 15) is 9.59 Å². The summed E-state index contributed by atoms with van der Waals surface area (Å²) in [4.78, 5) is 33.6. The number of rotatable bonds is 5. The fourth-order valence-electron chi connectivity index (χ4n) is 4.43. The predicted molar refractivity (Wildman–Crippen MR) is 141 cm³/mol. The van der Waals surface area contributed by atoms with E-state index in [1.165, 1.54) is 4.57 Å². The molecule has 1 amide bonds. The normalized spacial score (nSPS) is 12.1. The van der Waals surface area contributed by atoms with E-state index in [0.717, 1.165) is 16.3 Å². The molecule has 0 radical (unpaired) electrons. The van der Waals surface area contributed by atoms with Crippen molar-refractivity contribution in [1.82, 2.24) is 14.5 Å². The van der Waals surface area contributed by atoms with Crippen molar-refractivity contribution in [2.24, 2.45) is 7.05 Å². The summed E-state index contributed by atoms with van der Waals surface area (Å²) in [5.74, 6) is 0.363. The van der Waals surface area contributed by atoms with Crippen LogP contribution in [0.25, 0.3) is 21.7 Å². The Bertz CT molecular complexity index is 1610. The van der Waals surface area contributed by atoms with Crippen LogP contribution in [0.15, 0.2) is 95.8 Å². The third-order valence-corrected chi connectivity index (χ3v) is 6.60. The Morgan fingerprint density at radius 1 is 0.943 bits per heavy atom. The molecule has 0 spiro atoms. The minimum atomic E-state index is -0.477. The van der Waals surface area contributed by atoms with Crippen molar-refractivity contribution in [3.8, 4) is 0 Å². The van der Waals surface area contributed by atoms with Gasteiger partial charge in [-0.3, -0.25) is 14.2 Å². The molecule has 0 saturated heterocycles. The van der Waals surface area contributed by atoms with Gasteiger partial charge < -0.3 is 4.90 Å². The summed E-state index contributed by atoms with van der Waals surface area (Å²) in [7, 11) is 1.69. The van der Waals surface area contributed by atoms with Crippen LogP contribution in [0.3, 0.4) is 0 Å². The summed E-state index contributed by atoms with van der Waals surface area (Å²) >= 11 is 6.18. The van der Waals surface area contributed by atoms with E-state index in [4.69, 9.17) is 16.6 Å². The van der Waals surface area contributed by atoms with Gasteiger partial charge in [-0.1, -0.05) is 72.3 Å². The van der Waals surface area contributed by atoms with E-state index >= 15 is 0 Å². The predicted octanol–water partition coefficient (Wildman–Crippen LogP) is 6.14. The van der Waals surface area contributed by atoms with Gasteiger partial charge in [0.15, 0.2) is 0 Å². The lowest BCUT2D eigenvalue weighted by atomic mass is 10.0. The van der Waals surface area contributed by atoms with Gasteiger partial charge in [-0.15, -0.1) is 0 Å². The van der Waals surface area contributed by atoms with Gasteiger partial charge in [0.1, 0.15) is 5.82 Å². The SMILES string of the molecule is CC(c1nc2cc(Cl)ccc2c(=O)n1C)N(Cc1ccccc1)C(=O)c1ccc2ccccc2c1. The molecule has 0 aliphatic carbocycles. The summed E-state index contributed by atoms with van der Waals surface area (Å²) in [5.41, 5.74) is 1.91. The Morgan fingerprint density at radius 2 is 1.66 bits per heavy atom. The van der Waals surface area contributed by atoms with Crippen LogP contribution >= 0.6 is 11.6 Å². The van der Waals surface area contributed by atoms with Gasteiger partial charge in [0.05, 0.1) is 16.9 Å². The third-order valence-electron chi connectivity index (χ3n) is 6.37. The maximum absolute atomic E-state index is 13.9. The van der Waals surface area contributed by atoms with Crippen molar-refractivity contribution in [2.75, 3.05) is 0 Å². The van der Waals surface area contributed by atoms with Crippen molar-refractivity contribution in [3.05, 3.63) is 123 Å². The fourth-order valence-corrected chi connectivity index (χ4v) is 4.59. The van der Waals surface area contributed by atoms with Crippen molar-refractivity contribution in [1.29, 1.82) is 0 Å². The zero-order valence-corrected chi connectivity index (χ0v) is 20.2. The van der Waals surface area contributed by atoms with Gasteiger partial charge in [0, 0.05) is 24.2 Å². The van der Waals surface area contributed by atoms with Crippen molar-refractivity contribution in [2.45, 2.75) is 19.5 Å². The maximum atomic E-state index is 13.9. The molecule has 1 aromatic heterocycles. The first-order valence-electron chi connectivity index (χ1n) is 11.4. The highest BCUT2D eigenvalue weighted by Crippen LogP contribution is 2.26. The Labute approximate surface area is 208 Å². The van der Waals surface area contributed by atoms with E-state index in [0.29, 0.717) is 33.9 Å². The van der Waals surface area contributed by atoms with Crippen LogP contribution in [0.1, 0.15) is 34.7 Å². The molecule has 174 valence electrons. The average molecular weight is 482 g/mol. The lowest BCUT2D eigenvalue weighted by molar-refractivity contribution is 0.0663. The van der Waals surface area contributed by atoms with Crippen molar-refractivity contribution in [3.63, 3.8) is 0 Å². The number of aromatic nitrogens is 2. The quantitative estimate of drug-likeness (QED) is 0.303. The molecule has 1 unspecified atom stereocenters. The number of carbonyl (C=O) groups excluding carboxylic acids is 1. The van der Waals surface area contributed by atoms with Gasteiger partial charge in [0.2, 0.25) is 0 Å². The van der Waals surface area contributed by atoms with E-state index in [1.807, 2.05) is 79.7 Å².